The van der Waals surface area contributed by atoms with Gasteiger partial charge in [0, 0.05) is 5.41 Å². The molecule has 18 heavy (non-hydrogen) atoms. The number of hydrogen-bond donors (Lipinski definition) is 1. The maximum absolute atomic E-state index is 11.4. The highest BCUT2D eigenvalue weighted by molar-refractivity contribution is 5.72. The Morgan fingerprint density at radius 2 is 2.11 bits per heavy atom. The second-order valence-corrected chi connectivity index (χ2v) is 6.34. The maximum atomic E-state index is 11.4. The molecule has 1 aliphatic heterocycles. The molecule has 2 aliphatic carbocycles. The standard InChI is InChI=1S/C15H23NO2/c17-14(18)13-10-12-4-5-15(13,11-12)6-9-16-7-2-1-3-8-16/h4-5,12-13H,1-3,6-11H2,(H,17,18). The van der Waals surface area contributed by atoms with E-state index in [0.29, 0.717) is 5.92 Å². The zero-order valence-corrected chi connectivity index (χ0v) is 11.0. The molecule has 0 radical (unpaired) electrons. The SMILES string of the molecule is O=C(O)C1CC2C=CC1(CCN1CCCCC1)C2. The fourth-order valence-corrected chi connectivity index (χ4v) is 4.17. The molecule has 3 unspecified atom stereocenters. The quantitative estimate of drug-likeness (QED) is 0.778. The van der Waals surface area contributed by atoms with Crippen LogP contribution in [-0.4, -0.2) is 35.6 Å². The van der Waals surface area contributed by atoms with Crippen LogP contribution in [0.5, 0.6) is 0 Å². The van der Waals surface area contributed by atoms with Gasteiger partial charge in [0.25, 0.3) is 0 Å². The summed E-state index contributed by atoms with van der Waals surface area (Å²) in [7, 11) is 0. The van der Waals surface area contributed by atoms with Crippen LogP contribution in [-0.2, 0) is 4.79 Å². The Morgan fingerprint density at radius 1 is 1.33 bits per heavy atom. The number of likely N-dealkylation sites (tertiary alicyclic amines) is 1. The Bertz CT molecular complexity index is 360. The number of hydrogen-bond acceptors (Lipinski definition) is 2. The van der Waals surface area contributed by atoms with Gasteiger partial charge in [-0.3, -0.25) is 4.79 Å². The second kappa shape index (κ2) is 4.69. The topological polar surface area (TPSA) is 40.5 Å². The normalized spacial score (nSPS) is 39.3. The predicted octanol–water partition coefficient (Wildman–Crippen LogP) is 2.53. The molecular weight excluding hydrogens is 226 g/mol. The lowest BCUT2D eigenvalue weighted by Crippen LogP contribution is -2.36. The van der Waals surface area contributed by atoms with Crippen LogP contribution in [0.15, 0.2) is 12.2 Å². The Hall–Kier alpha value is -0.830. The number of nitrogens with zero attached hydrogens (tertiary/aromatic N) is 1. The van der Waals surface area contributed by atoms with E-state index in [2.05, 4.69) is 17.1 Å². The Kier molecular flexibility index (Phi) is 3.18. The van der Waals surface area contributed by atoms with E-state index in [4.69, 9.17) is 0 Å². The monoisotopic (exact) mass is 249 g/mol. The number of carboxylic acids is 1. The average molecular weight is 249 g/mol. The molecule has 1 N–H and O–H groups in total. The lowest BCUT2D eigenvalue weighted by molar-refractivity contribution is -0.144. The van der Waals surface area contributed by atoms with E-state index in [1.54, 1.807) is 0 Å². The van der Waals surface area contributed by atoms with Gasteiger partial charge in [-0.25, -0.2) is 0 Å². The highest BCUT2D eigenvalue weighted by atomic mass is 16.4. The Balaban J connectivity index is 1.63. The van der Waals surface area contributed by atoms with Crippen molar-refractivity contribution in [1.82, 2.24) is 4.90 Å². The molecule has 1 heterocycles. The molecule has 3 nitrogen and oxygen atoms in total. The van der Waals surface area contributed by atoms with E-state index in [-0.39, 0.29) is 11.3 Å². The summed E-state index contributed by atoms with van der Waals surface area (Å²) in [5, 5.41) is 9.39. The van der Waals surface area contributed by atoms with Crippen LogP contribution in [0, 0.1) is 17.3 Å². The molecule has 3 heteroatoms. The zero-order valence-electron chi connectivity index (χ0n) is 11.0. The third-order valence-electron chi connectivity index (χ3n) is 5.22. The minimum absolute atomic E-state index is 0.0199. The van der Waals surface area contributed by atoms with Gasteiger partial charge in [-0.1, -0.05) is 18.6 Å². The second-order valence-electron chi connectivity index (χ2n) is 6.34. The lowest BCUT2D eigenvalue weighted by Gasteiger charge is -2.34. The Labute approximate surface area is 109 Å². The lowest BCUT2D eigenvalue weighted by atomic mass is 9.75. The number of allylic oxidation sites excluding steroid dienone is 2. The molecule has 0 spiro atoms. The van der Waals surface area contributed by atoms with Crippen LogP contribution >= 0.6 is 0 Å². The largest absolute Gasteiger partial charge is 0.481 e. The third kappa shape index (κ3) is 2.09. The summed E-state index contributed by atoms with van der Waals surface area (Å²) >= 11 is 0. The summed E-state index contributed by atoms with van der Waals surface area (Å²) in [5.41, 5.74) is -0.0199. The molecular formula is C15H23NO2. The fourth-order valence-electron chi connectivity index (χ4n) is 4.17. The first kappa shape index (κ1) is 12.2. The summed E-state index contributed by atoms with van der Waals surface area (Å²) in [6.45, 7) is 3.50. The molecule has 1 saturated heterocycles. The van der Waals surface area contributed by atoms with Gasteiger partial charge >= 0.3 is 5.97 Å². The van der Waals surface area contributed by atoms with Gasteiger partial charge in [0.15, 0.2) is 0 Å². The minimum Gasteiger partial charge on any atom is -0.481 e. The number of aliphatic carboxylic acids is 1. The van der Waals surface area contributed by atoms with Crippen LogP contribution in [0.4, 0.5) is 0 Å². The molecule has 0 amide bonds. The van der Waals surface area contributed by atoms with E-state index < -0.39 is 5.97 Å². The van der Waals surface area contributed by atoms with Crippen molar-refractivity contribution in [3.05, 3.63) is 12.2 Å². The van der Waals surface area contributed by atoms with E-state index >= 15 is 0 Å². The van der Waals surface area contributed by atoms with E-state index in [0.717, 1.165) is 25.8 Å². The van der Waals surface area contributed by atoms with Crippen LogP contribution in [0.2, 0.25) is 0 Å². The van der Waals surface area contributed by atoms with Gasteiger partial charge in [0.1, 0.15) is 0 Å². The minimum atomic E-state index is -0.583. The molecule has 2 fully saturated rings. The first-order chi connectivity index (χ1) is 8.70. The molecule has 0 aromatic rings. The van der Waals surface area contributed by atoms with Crippen molar-refractivity contribution in [2.45, 2.75) is 38.5 Å². The molecule has 0 aromatic heterocycles. The van der Waals surface area contributed by atoms with Crippen LogP contribution in [0.3, 0.4) is 0 Å². The fraction of sp³-hybridized carbons (Fsp3) is 0.800. The number of carbonyl (C=O) groups is 1. The summed E-state index contributed by atoms with van der Waals surface area (Å²) in [6.07, 6.45) is 11.5. The van der Waals surface area contributed by atoms with Crippen molar-refractivity contribution in [2.24, 2.45) is 17.3 Å². The van der Waals surface area contributed by atoms with Gasteiger partial charge in [-0.15, -0.1) is 0 Å². The molecule has 0 aromatic carbocycles. The Morgan fingerprint density at radius 3 is 2.78 bits per heavy atom. The van der Waals surface area contributed by atoms with E-state index in [1.807, 2.05) is 0 Å². The summed E-state index contributed by atoms with van der Waals surface area (Å²) in [5.74, 6) is -0.176. The van der Waals surface area contributed by atoms with Crippen molar-refractivity contribution in [3.8, 4) is 0 Å². The maximum Gasteiger partial charge on any atom is 0.307 e. The van der Waals surface area contributed by atoms with E-state index in [9.17, 15) is 9.90 Å². The zero-order chi connectivity index (χ0) is 12.6. The van der Waals surface area contributed by atoms with Crippen molar-refractivity contribution < 1.29 is 9.90 Å². The molecule has 3 rings (SSSR count). The van der Waals surface area contributed by atoms with Gasteiger partial charge in [0.05, 0.1) is 5.92 Å². The number of carboxylic acid groups (broad SMARTS) is 1. The van der Waals surface area contributed by atoms with Crippen molar-refractivity contribution >= 4 is 5.97 Å². The highest BCUT2D eigenvalue weighted by Crippen LogP contribution is 2.55. The first-order valence-electron chi connectivity index (χ1n) is 7.34. The van der Waals surface area contributed by atoms with Crippen molar-refractivity contribution in [1.29, 1.82) is 0 Å². The summed E-state index contributed by atoms with van der Waals surface area (Å²) in [4.78, 5) is 13.9. The highest BCUT2D eigenvalue weighted by Gasteiger charge is 2.51. The predicted molar refractivity (Wildman–Crippen MR) is 70.3 cm³/mol. The smallest absolute Gasteiger partial charge is 0.307 e. The van der Waals surface area contributed by atoms with Crippen LogP contribution < -0.4 is 0 Å². The number of rotatable bonds is 4. The molecule has 100 valence electrons. The van der Waals surface area contributed by atoms with Gasteiger partial charge < -0.3 is 10.0 Å². The van der Waals surface area contributed by atoms with Gasteiger partial charge in [0.2, 0.25) is 0 Å². The molecule has 2 bridgehead atoms. The third-order valence-corrected chi connectivity index (χ3v) is 5.22. The molecule has 3 atom stereocenters. The summed E-state index contributed by atoms with van der Waals surface area (Å²) < 4.78 is 0. The van der Waals surface area contributed by atoms with Crippen molar-refractivity contribution in [3.63, 3.8) is 0 Å². The van der Waals surface area contributed by atoms with Gasteiger partial charge in [-0.2, -0.15) is 0 Å². The van der Waals surface area contributed by atoms with Crippen LogP contribution in [0.1, 0.15) is 38.5 Å². The molecule has 3 aliphatic rings. The average Bonchev–Trinajstić information content (AvgIpc) is 2.96. The molecule has 1 saturated carbocycles. The number of fused-ring (bicyclic) bond motifs is 2. The summed E-state index contributed by atoms with van der Waals surface area (Å²) in [6, 6.07) is 0. The first-order valence-corrected chi connectivity index (χ1v) is 7.34. The van der Waals surface area contributed by atoms with Crippen LogP contribution in [0.25, 0.3) is 0 Å². The number of piperidine rings is 1. The van der Waals surface area contributed by atoms with E-state index in [1.165, 1.54) is 32.4 Å². The van der Waals surface area contributed by atoms with Crippen molar-refractivity contribution in [2.75, 3.05) is 19.6 Å². The van der Waals surface area contributed by atoms with Gasteiger partial charge in [-0.05, 0) is 57.7 Å².